The molecule has 0 unspecified atom stereocenters. The zero-order valence-corrected chi connectivity index (χ0v) is 15.7. The molecule has 0 bridgehead atoms. The van der Waals surface area contributed by atoms with Crippen LogP contribution in [-0.4, -0.2) is 25.3 Å². The average molecular weight is 407 g/mol. The second-order valence-corrected chi connectivity index (χ2v) is 6.76. The number of hydrogen-bond acceptors (Lipinski definition) is 3. The van der Waals surface area contributed by atoms with Crippen molar-refractivity contribution in [3.8, 4) is 11.6 Å². The van der Waals surface area contributed by atoms with Crippen LogP contribution in [0.15, 0.2) is 48.5 Å². The Morgan fingerprint density at radius 1 is 1.11 bits per heavy atom. The van der Waals surface area contributed by atoms with Gasteiger partial charge in [0.1, 0.15) is 5.82 Å². The fourth-order valence-corrected chi connectivity index (χ4v) is 3.36. The first-order chi connectivity index (χ1) is 12.9. The van der Waals surface area contributed by atoms with Crippen LogP contribution in [0.1, 0.15) is 11.3 Å². The molecule has 0 spiro atoms. The first kappa shape index (κ1) is 19.1. The van der Waals surface area contributed by atoms with Crippen LogP contribution < -0.4 is 0 Å². The first-order valence-electron chi connectivity index (χ1n) is 8.12. The van der Waals surface area contributed by atoms with Crippen molar-refractivity contribution in [1.82, 2.24) is 9.13 Å². The molecule has 3 aromatic rings. The van der Waals surface area contributed by atoms with E-state index in [-0.39, 0.29) is 22.8 Å². The van der Waals surface area contributed by atoms with E-state index < -0.39 is 11.8 Å². The second-order valence-electron chi connectivity index (χ2n) is 5.96. The Balaban J connectivity index is 2.01. The molecule has 8 heteroatoms. The third kappa shape index (κ3) is 4.20. The highest BCUT2D eigenvalue weighted by Crippen LogP contribution is 2.27. The van der Waals surface area contributed by atoms with E-state index in [9.17, 15) is 19.4 Å². The van der Waals surface area contributed by atoms with E-state index in [1.54, 1.807) is 16.7 Å². The number of aromatic nitrogens is 2. The Morgan fingerprint density at radius 3 is 2.33 bits per heavy atom. The predicted octanol–water partition coefficient (Wildman–Crippen LogP) is 4.38. The average Bonchev–Trinajstić information content (AvgIpc) is 2.85. The standard InChI is InChI=1S/C19H16ClFN2O3S/c20-13-3-1-12(2-4-13)9-10-22-16(11-17(24)25)18(26)23(19(22)27)15-7-5-14(21)6-8-15/h1-8,26H,9-11H2,(H,24,25). The number of carbonyl (C=O) groups is 1. The molecule has 0 aliphatic heterocycles. The fraction of sp³-hybridized carbons (Fsp3) is 0.158. The van der Waals surface area contributed by atoms with E-state index in [0.717, 1.165) is 5.56 Å². The minimum atomic E-state index is -1.09. The molecule has 3 rings (SSSR count). The lowest BCUT2D eigenvalue weighted by Crippen LogP contribution is -2.10. The summed E-state index contributed by atoms with van der Waals surface area (Å²) in [4.78, 5) is 11.3. The maximum Gasteiger partial charge on any atom is 0.309 e. The van der Waals surface area contributed by atoms with Crippen LogP contribution in [0.25, 0.3) is 5.69 Å². The third-order valence-corrected chi connectivity index (χ3v) is 4.81. The highest BCUT2D eigenvalue weighted by molar-refractivity contribution is 7.71. The number of nitrogens with zero attached hydrogens (tertiary/aromatic N) is 2. The Labute approximate surface area is 164 Å². The number of aryl methyl sites for hydroxylation is 1. The molecule has 0 aliphatic rings. The Hall–Kier alpha value is -2.64. The van der Waals surface area contributed by atoms with Crippen molar-refractivity contribution in [1.29, 1.82) is 0 Å². The van der Waals surface area contributed by atoms with Gasteiger partial charge >= 0.3 is 5.97 Å². The molecular weight excluding hydrogens is 391 g/mol. The van der Waals surface area contributed by atoms with E-state index in [0.29, 0.717) is 23.7 Å². The van der Waals surface area contributed by atoms with Crippen LogP contribution >= 0.6 is 23.8 Å². The molecule has 0 radical (unpaired) electrons. The zero-order valence-electron chi connectivity index (χ0n) is 14.1. The van der Waals surface area contributed by atoms with E-state index in [1.807, 2.05) is 12.1 Å². The maximum atomic E-state index is 13.2. The maximum absolute atomic E-state index is 13.2. The number of aromatic hydroxyl groups is 1. The highest BCUT2D eigenvalue weighted by atomic mass is 35.5. The van der Waals surface area contributed by atoms with Crippen molar-refractivity contribution in [3.05, 3.63) is 75.4 Å². The summed E-state index contributed by atoms with van der Waals surface area (Å²) in [5, 5.41) is 20.4. The molecule has 1 aromatic heterocycles. The fourth-order valence-electron chi connectivity index (χ4n) is 2.84. The van der Waals surface area contributed by atoms with Gasteiger partial charge in [-0.05, 0) is 60.6 Å². The van der Waals surface area contributed by atoms with Gasteiger partial charge in [-0.15, -0.1) is 0 Å². The van der Waals surface area contributed by atoms with Crippen LogP contribution in [0, 0.1) is 10.6 Å². The van der Waals surface area contributed by atoms with E-state index in [2.05, 4.69) is 0 Å². The normalized spacial score (nSPS) is 10.9. The van der Waals surface area contributed by atoms with Gasteiger partial charge in [-0.1, -0.05) is 23.7 Å². The topological polar surface area (TPSA) is 67.4 Å². The molecule has 1 heterocycles. The molecular formula is C19H16ClFN2O3S. The summed E-state index contributed by atoms with van der Waals surface area (Å²) in [5.41, 5.74) is 1.65. The van der Waals surface area contributed by atoms with Gasteiger partial charge < -0.3 is 14.8 Å². The summed E-state index contributed by atoms with van der Waals surface area (Å²) in [6.07, 6.45) is 0.190. The summed E-state index contributed by atoms with van der Waals surface area (Å²) < 4.78 is 16.4. The number of rotatable bonds is 6. The van der Waals surface area contributed by atoms with Gasteiger partial charge in [-0.25, -0.2) is 4.39 Å². The second kappa shape index (κ2) is 7.94. The smallest absolute Gasteiger partial charge is 0.309 e. The number of hydrogen-bond donors (Lipinski definition) is 2. The molecule has 5 nitrogen and oxygen atoms in total. The van der Waals surface area contributed by atoms with Crippen molar-refractivity contribution in [2.75, 3.05) is 0 Å². The van der Waals surface area contributed by atoms with Gasteiger partial charge in [0.25, 0.3) is 0 Å². The highest BCUT2D eigenvalue weighted by Gasteiger charge is 2.20. The molecule has 0 aliphatic carbocycles. The monoisotopic (exact) mass is 406 g/mol. The van der Waals surface area contributed by atoms with Gasteiger partial charge in [0.15, 0.2) is 4.77 Å². The first-order valence-corrected chi connectivity index (χ1v) is 8.91. The number of carboxylic acid groups (broad SMARTS) is 1. The molecule has 27 heavy (non-hydrogen) atoms. The van der Waals surface area contributed by atoms with Crippen LogP contribution in [0.3, 0.4) is 0 Å². The van der Waals surface area contributed by atoms with Crippen molar-refractivity contribution in [3.63, 3.8) is 0 Å². The van der Waals surface area contributed by atoms with Crippen LogP contribution in [0.5, 0.6) is 5.88 Å². The van der Waals surface area contributed by atoms with Gasteiger partial charge in [-0.2, -0.15) is 0 Å². The molecule has 0 fully saturated rings. The molecule has 140 valence electrons. The van der Waals surface area contributed by atoms with Gasteiger partial charge in [-0.3, -0.25) is 9.36 Å². The lowest BCUT2D eigenvalue weighted by Gasteiger charge is -2.07. The number of halogens is 2. The van der Waals surface area contributed by atoms with Gasteiger partial charge in [0, 0.05) is 11.6 Å². The van der Waals surface area contributed by atoms with Crippen molar-refractivity contribution in [2.45, 2.75) is 19.4 Å². The van der Waals surface area contributed by atoms with Crippen molar-refractivity contribution in [2.24, 2.45) is 0 Å². The third-order valence-electron chi connectivity index (χ3n) is 4.16. The Bertz CT molecular complexity index is 1030. The minimum absolute atomic E-state index is 0.200. The van der Waals surface area contributed by atoms with Crippen molar-refractivity contribution < 1.29 is 19.4 Å². The van der Waals surface area contributed by atoms with Crippen LogP contribution in [0.2, 0.25) is 5.02 Å². The zero-order chi connectivity index (χ0) is 19.6. The number of carboxylic acids is 1. The van der Waals surface area contributed by atoms with Crippen molar-refractivity contribution >= 4 is 29.8 Å². The SMILES string of the molecule is O=C(O)Cc1c(O)n(-c2ccc(F)cc2)c(=S)n1CCc1ccc(Cl)cc1. The Kier molecular flexibility index (Phi) is 5.62. The Morgan fingerprint density at radius 2 is 1.74 bits per heavy atom. The van der Waals surface area contributed by atoms with E-state index in [4.69, 9.17) is 23.8 Å². The lowest BCUT2D eigenvalue weighted by atomic mass is 10.1. The summed E-state index contributed by atoms with van der Waals surface area (Å²) in [6.45, 7) is 0.380. The van der Waals surface area contributed by atoms with Crippen LogP contribution in [0.4, 0.5) is 4.39 Å². The van der Waals surface area contributed by atoms with Gasteiger partial charge in [0.2, 0.25) is 5.88 Å². The number of benzene rings is 2. The summed E-state index contributed by atoms with van der Waals surface area (Å²) in [7, 11) is 0. The van der Waals surface area contributed by atoms with E-state index >= 15 is 0 Å². The molecule has 0 amide bonds. The molecule has 0 saturated carbocycles. The van der Waals surface area contributed by atoms with Crippen LogP contribution in [-0.2, 0) is 24.2 Å². The molecule has 0 atom stereocenters. The summed E-state index contributed by atoms with van der Waals surface area (Å²) in [6, 6.07) is 12.7. The number of aliphatic carboxylic acids is 1. The number of imidazole rings is 1. The van der Waals surface area contributed by atoms with E-state index in [1.165, 1.54) is 28.8 Å². The molecule has 0 saturated heterocycles. The quantitative estimate of drug-likeness (QED) is 0.596. The lowest BCUT2D eigenvalue weighted by molar-refractivity contribution is -0.136. The predicted molar refractivity (Wildman–Crippen MR) is 103 cm³/mol. The van der Waals surface area contributed by atoms with Gasteiger partial charge in [0.05, 0.1) is 17.8 Å². The summed E-state index contributed by atoms with van der Waals surface area (Å²) >= 11 is 11.4. The molecule has 2 aromatic carbocycles. The largest absolute Gasteiger partial charge is 0.493 e. The molecule has 2 N–H and O–H groups in total. The minimum Gasteiger partial charge on any atom is -0.493 e. The summed E-state index contributed by atoms with van der Waals surface area (Å²) in [5.74, 6) is -1.76.